The van der Waals surface area contributed by atoms with Crippen LogP contribution in [0, 0.1) is 13.8 Å². The topological polar surface area (TPSA) is 40.5 Å². The van der Waals surface area contributed by atoms with Crippen molar-refractivity contribution in [1.29, 1.82) is 0 Å². The second-order valence-corrected chi connectivity index (χ2v) is 5.89. The van der Waals surface area contributed by atoms with Gasteiger partial charge in [0.2, 0.25) is 0 Å². The average molecular weight is 278 g/mol. The molecule has 2 N–H and O–H groups in total. The third-order valence-corrected chi connectivity index (χ3v) is 4.17. The van der Waals surface area contributed by atoms with Crippen LogP contribution in [0.25, 0.3) is 0 Å². The molecule has 0 radical (unpaired) electrons. The molecule has 1 aromatic rings. The quantitative estimate of drug-likeness (QED) is 0.655. The molecular formula is C18H30O2. The van der Waals surface area contributed by atoms with Crippen molar-refractivity contribution in [2.75, 3.05) is 0 Å². The van der Waals surface area contributed by atoms with E-state index in [4.69, 9.17) is 0 Å². The highest BCUT2D eigenvalue weighted by molar-refractivity contribution is 5.34. The van der Waals surface area contributed by atoms with E-state index < -0.39 is 6.10 Å². The number of aliphatic hydroxyl groups excluding tert-OH is 2. The lowest BCUT2D eigenvalue weighted by Crippen LogP contribution is -2.10. The Kier molecular flexibility index (Phi) is 7.86. The zero-order valence-electron chi connectivity index (χ0n) is 13.2. The largest absolute Gasteiger partial charge is 0.393 e. The van der Waals surface area contributed by atoms with Crippen molar-refractivity contribution in [2.24, 2.45) is 0 Å². The average Bonchev–Trinajstić information content (AvgIpc) is 2.44. The molecule has 0 saturated carbocycles. The summed E-state index contributed by atoms with van der Waals surface area (Å²) in [6, 6.07) is 6.04. The fraction of sp³-hybridized carbons (Fsp3) is 0.667. The second-order valence-electron chi connectivity index (χ2n) is 5.89. The third kappa shape index (κ3) is 5.64. The molecule has 2 heteroatoms. The minimum Gasteiger partial charge on any atom is -0.393 e. The number of aliphatic hydroxyl groups is 2. The minimum atomic E-state index is -0.458. The summed E-state index contributed by atoms with van der Waals surface area (Å²) in [7, 11) is 0. The predicted molar refractivity (Wildman–Crippen MR) is 84.9 cm³/mol. The summed E-state index contributed by atoms with van der Waals surface area (Å²) >= 11 is 0. The molecule has 20 heavy (non-hydrogen) atoms. The van der Waals surface area contributed by atoms with Crippen LogP contribution in [0.3, 0.4) is 0 Å². The van der Waals surface area contributed by atoms with Crippen LogP contribution in [-0.2, 0) is 0 Å². The van der Waals surface area contributed by atoms with Gasteiger partial charge >= 0.3 is 0 Å². The van der Waals surface area contributed by atoms with Gasteiger partial charge in [0, 0.05) is 0 Å². The molecular weight excluding hydrogens is 248 g/mol. The van der Waals surface area contributed by atoms with Crippen molar-refractivity contribution in [3.63, 3.8) is 0 Å². The Hall–Kier alpha value is -0.860. The van der Waals surface area contributed by atoms with Crippen LogP contribution >= 0.6 is 0 Å². The number of rotatable bonds is 9. The number of benzene rings is 1. The maximum absolute atomic E-state index is 10.3. The van der Waals surface area contributed by atoms with E-state index in [2.05, 4.69) is 26.8 Å². The van der Waals surface area contributed by atoms with Crippen LogP contribution in [0.5, 0.6) is 0 Å². The van der Waals surface area contributed by atoms with Gasteiger partial charge in [-0.15, -0.1) is 0 Å². The van der Waals surface area contributed by atoms with Crippen LogP contribution < -0.4 is 0 Å². The van der Waals surface area contributed by atoms with Crippen LogP contribution in [0.4, 0.5) is 0 Å². The van der Waals surface area contributed by atoms with Gasteiger partial charge in [-0.3, -0.25) is 0 Å². The van der Waals surface area contributed by atoms with E-state index in [1.54, 1.807) is 0 Å². The molecule has 0 aromatic heterocycles. The van der Waals surface area contributed by atoms with Crippen molar-refractivity contribution in [3.8, 4) is 0 Å². The summed E-state index contributed by atoms with van der Waals surface area (Å²) < 4.78 is 0. The summed E-state index contributed by atoms with van der Waals surface area (Å²) in [4.78, 5) is 0. The SMILES string of the molecule is CCCCCCC(O)CCC(O)c1cccc(C)c1C. The van der Waals surface area contributed by atoms with Crippen LogP contribution in [0.15, 0.2) is 18.2 Å². The number of aryl methyl sites for hydroxylation is 1. The fourth-order valence-electron chi connectivity index (χ4n) is 2.59. The zero-order valence-corrected chi connectivity index (χ0v) is 13.2. The molecule has 1 rings (SSSR count). The highest BCUT2D eigenvalue weighted by Crippen LogP contribution is 2.25. The highest BCUT2D eigenvalue weighted by Gasteiger charge is 2.13. The van der Waals surface area contributed by atoms with Gasteiger partial charge in [0.1, 0.15) is 0 Å². The molecule has 0 saturated heterocycles. The van der Waals surface area contributed by atoms with Crippen molar-refractivity contribution in [3.05, 3.63) is 34.9 Å². The number of hydrogen-bond acceptors (Lipinski definition) is 2. The van der Waals surface area contributed by atoms with E-state index in [9.17, 15) is 10.2 Å². The molecule has 0 heterocycles. The first-order valence-corrected chi connectivity index (χ1v) is 7.98. The van der Waals surface area contributed by atoms with Gasteiger partial charge < -0.3 is 10.2 Å². The summed E-state index contributed by atoms with van der Waals surface area (Å²) in [5.74, 6) is 0. The molecule has 0 aliphatic rings. The maximum Gasteiger partial charge on any atom is 0.0793 e. The van der Waals surface area contributed by atoms with Gasteiger partial charge in [0.05, 0.1) is 12.2 Å². The predicted octanol–water partition coefficient (Wildman–Crippen LogP) is 4.45. The Morgan fingerprint density at radius 2 is 1.70 bits per heavy atom. The molecule has 2 unspecified atom stereocenters. The van der Waals surface area contributed by atoms with Crippen LogP contribution in [0.2, 0.25) is 0 Å². The third-order valence-electron chi connectivity index (χ3n) is 4.17. The van der Waals surface area contributed by atoms with Gasteiger partial charge in [-0.25, -0.2) is 0 Å². The van der Waals surface area contributed by atoms with Crippen LogP contribution in [-0.4, -0.2) is 16.3 Å². The van der Waals surface area contributed by atoms with Gasteiger partial charge in [-0.05, 0) is 49.8 Å². The van der Waals surface area contributed by atoms with E-state index >= 15 is 0 Å². The minimum absolute atomic E-state index is 0.272. The van der Waals surface area contributed by atoms with E-state index in [1.165, 1.54) is 24.8 Å². The van der Waals surface area contributed by atoms with Crippen molar-refractivity contribution in [1.82, 2.24) is 0 Å². The summed E-state index contributed by atoms with van der Waals surface area (Å²) in [6.45, 7) is 6.31. The van der Waals surface area contributed by atoms with E-state index in [-0.39, 0.29) is 6.10 Å². The summed E-state index contributed by atoms with van der Waals surface area (Å²) in [5.41, 5.74) is 3.38. The molecule has 0 aliphatic carbocycles. The second kappa shape index (κ2) is 9.15. The Bertz CT molecular complexity index is 387. The maximum atomic E-state index is 10.3. The number of hydrogen-bond donors (Lipinski definition) is 2. The van der Waals surface area contributed by atoms with Crippen LogP contribution in [0.1, 0.15) is 74.7 Å². The molecule has 0 bridgehead atoms. The zero-order chi connectivity index (χ0) is 15.0. The molecule has 114 valence electrons. The van der Waals surface area contributed by atoms with Crippen molar-refractivity contribution < 1.29 is 10.2 Å². The first-order chi connectivity index (χ1) is 9.56. The lowest BCUT2D eigenvalue weighted by molar-refractivity contribution is 0.107. The summed E-state index contributed by atoms with van der Waals surface area (Å²) in [6.07, 6.45) is 6.22. The molecule has 0 aliphatic heterocycles. The molecule has 2 nitrogen and oxygen atoms in total. The normalized spacial score (nSPS) is 14.2. The van der Waals surface area contributed by atoms with E-state index in [0.717, 1.165) is 24.0 Å². The fourth-order valence-corrected chi connectivity index (χ4v) is 2.59. The van der Waals surface area contributed by atoms with Crippen molar-refractivity contribution in [2.45, 2.75) is 77.9 Å². The monoisotopic (exact) mass is 278 g/mol. The molecule has 0 spiro atoms. The molecule has 1 aromatic carbocycles. The van der Waals surface area contributed by atoms with Gasteiger partial charge in [-0.2, -0.15) is 0 Å². The van der Waals surface area contributed by atoms with E-state index in [0.29, 0.717) is 12.8 Å². The Morgan fingerprint density at radius 3 is 2.40 bits per heavy atom. The van der Waals surface area contributed by atoms with Gasteiger partial charge in [0.25, 0.3) is 0 Å². The standard InChI is InChI=1S/C18H30O2/c1-4-5-6-7-10-16(19)12-13-18(20)17-11-8-9-14(2)15(17)3/h8-9,11,16,18-20H,4-7,10,12-13H2,1-3H3. The smallest absolute Gasteiger partial charge is 0.0793 e. The van der Waals surface area contributed by atoms with E-state index in [1.807, 2.05) is 12.1 Å². The Labute approximate surface area is 123 Å². The van der Waals surface area contributed by atoms with Gasteiger partial charge in [-0.1, -0.05) is 50.8 Å². The van der Waals surface area contributed by atoms with Gasteiger partial charge in [0.15, 0.2) is 0 Å². The Balaban J connectivity index is 2.35. The summed E-state index contributed by atoms with van der Waals surface area (Å²) in [5, 5.41) is 20.2. The molecule has 0 amide bonds. The molecule has 2 atom stereocenters. The van der Waals surface area contributed by atoms with Crippen molar-refractivity contribution >= 4 is 0 Å². The Morgan fingerprint density at radius 1 is 0.950 bits per heavy atom. The lowest BCUT2D eigenvalue weighted by atomic mass is 9.95. The lowest BCUT2D eigenvalue weighted by Gasteiger charge is -2.17. The first kappa shape index (κ1) is 17.2. The first-order valence-electron chi connectivity index (χ1n) is 7.98. The highest BCUT2D eigenvalue weighted by atomic mass is 16.3. The molecule has 0 fully saturated rings. The number of unbranched alkanes of at least 4 members (excludes halogenated alkanes) is 3.